The van der Waals surface area contributed by atoms with Crippen LogP contribution in [0.25, 0.3) is 10.8 Å². The number of hydrogen-bond donors (Lipinski definition) is 1. The lowest BCUT2D eigenvalue weighted by Gasteiger charge is -2.24. The van der Waals surface area contributed by atoms with E-state index in [9.17, 15) is 14.7 Å². The molecule has 5 aromatic rings. The Morgan fingerprint density at radius 1 is 1.02 bits per heavy atom. The zero-order valence-electron chi connectivity index (χ0n) is 22.3. The molecule has 11 heteroatoms. The Kier molecular flexibility index (Phi) is 7.33. The van der Waals surface area contributed by atoms with Gasteiger partial charge >= 0.3 is 0 Å². The third-order valence-corrected chi connectivity index (χ3v) is 10.0. The van der Waals surface area contributed by atoms with Crippen molar-refractivity contribution in [3.8, 4) is 5.75 Å². The number of aliphatic hydroxyl groups excluding tert-OH is 1. The highest BCUT2D eigenvalue weighted by molar-refractivity contribution is 8.00. The molecule has 2 aromatic heterocycles. The van der Waals surface area contributed by atoms with Crippen LogP contribution in [0.3, 0.4) is 0 Å². The molecule has 1 aliphatic rings. The minimum absolute atomic E-state index is 0.00734. The fourth-order valence-electron chi connectivity index (χ4n) is 4.92. The topological polar surface area (TPSA) is 106 Å². The molecule has 206 valence electrons. The van der Waals surface area contributed by atoms with E-state index in [1.807, 2.05) is 25.1 Å². The summed E-state index contributed by atoms with van der Waals surface area (Å²) in [7, 11) is 1.56. The lowest BCUT2D eigenvalue weighted by atomic mass is 9.95. The number of aryl methyl sites for hydroxylation is 2. The number of anilines is 1. The smallest absolute Gasteiger partial charge is 0.296 e. The largest absolute Gasteiger partial charge is 0.503 e. The van der Waals surface area contributed by atoms with E-state index in [0.29, 0.717) is 37.1 Å². The number of carbonyl (C=O) groups excluding carboxylic acids is 2. The number of carbonyl (C=O) groups is 2. The Morgan fingerprint density at radius 3 is 2.51 bits per heavy atom. The molecule has 6 rings (SSSR count). The lowest BCUT2D eigenvalue weighted by molar-refractivity contribution is -0.117. The van der Waals surface area contributed by atoms with Gasteiger partial charge in [0.2, 0.25) is 10.9 Å². The zero-order chi connectivity index (χ0) is 28.7. The summed E-state index contributed by atoms with van der Waals surface area (Å²) in [5.74, 6) is -0.431. The predicted octanol–water partition coefficient (Wildman–Crippen LogP) is 6.85. The number of hydrogen-bond acceptors (Lipinski definition) is 10. The van der Waals surface area contributed by atoms with E-state index >= 15 is 0 Å². The van der Waals surface area contributed by atoms with Gasteiger partial charge in [0.1, 0.15) is 5.75 Å². The fraction of sp³-hybridized carbons (Fsp3) is 0.167. The standard InChI is InChI=1S/C30H24N4O4S3/c1-16-27(40-17(2)31-16)25(35)23-24(19-11-13-21(38-3)14-12-19)34(28(37)26(23)36)29-32-33-30(41-29)39-15-20-9-6-8-18-7-4-5-10-22(18)20/h4-14,24,36H,15H2,1-3H3. The molecule has 3 heterocycles. The second-order valence-electron chi connectivity index (χ2n) is 9.37. The van der Waals surface area contributed by atoms with Crippen molar-refractivity contribution in [1.82, 2.24) is 15.2 Å². The average molecular weight is 601 g/mol. The molecule has 0 aliphatic carbocycles. The number of aliphatic hydroxyl groups is 1. The maximum atomic E-state index is 13.8. The second kappa shape index (κ2) is 11.1. The van der Waals surface area contributed by atoms with Gasteiger partial charge in [-0.05, 0) is 47.9 Å². The van der Waals surface area contributed by atoms with Crippen LogP contribution in [0.1, 0.15) is 37.5 Å². The third kappa shape index (κ3) is 5.01. The molecule has 0 saturated carbocycles. The van der Waals surface area contributed by atoms with Crippen molar-refractivity contribution < 1.29 is 19.4 Å². The van der Waals surface area contributed by atoms with Gasteiger partial charge in [0, 0.05) is 5.75 Å². The Bertz CT molecular complexity index is 1820. The highest BCUT2D eigenvalue weighted by Crippen LogP contribution is 2.45. The Morgan fingerprint density at radius 2 is 1.78 bits per heavy atom. The Balaban J connectivity index is 1.34. The second-order valence-corrected chi connectivity index (χ2v) is 12.7. The van der Waals surface area contributed by atoms with Gasteiger partial charge < -0.3 is 9.84 Å². The maximum absolute atomic E-state index is 13.8. The van der Waals surface area contributed by atoms with Crippen LogP contribution in [0.4, 0.5) is 5.13 Å². The molecule has 1 amide bonds. The summed E-state index contributed by atoms with van der Waals surface area (Å²) in [5.41, 5.74) is 2.35. The van der Waals surface area contributed by atoms with Crippen LogP contribution in [0.5, 0.6) is 5.75 Å². The van der Waals surface area contributed by atoms with E-state index in [1.54, 1.807) is 38.3 Å². The molecule has 1 atom stereocenters. The van der Waals surface area contributed by atoms with Gasteiger partial charge in [-0.15, -0.1) is 21.5 Å². The molecule has 0 radical (unpaired) electrons. The maximum Gasteiger partial charge on any atom is 0.296 e. The van der Waals surface area contributed by atoms with E-state index in [4.69, 9.17) is 4.74 Å². The molecule has 1 N–H and O–H groups in total. The molecule has 8 nitrogen and oxygen atoms in total. The number of nitrogens with zero attached hydrogens (tertiary/aromatic N) is 4. The first-order chi connectivity index (χ1) is 19.9. The number of fused-ring (bicyclic) bond motifs is 1. The van der Waals surface area contributed by atoms with E-state index in [2.05, 4.69) is 39.4 Å². The van der Waals surface area contributed by atoms with Crippen molar-refractivity contribution >= 4 is 62.0 Å². The molecular formula is C30H24N4O4S3. The summed E-state index contributed by atoms with van der Waals surface area (Å²) in [6, 6.07) is 20.6. The van der Waals surface area contributed by atoms with E-state index < -0.39 is 23.5 Å². The third-order valence-electron chi connectivity index (χ3n) is 6.83. The SMILES string of the molecule is COc1ccc(C2C(C(=O)c3sc(C)nc3C)=C(O)C(=O)N2c2nnc(SCc3cccc4ccccc34)s2)cc1. The molecule has 0 fully saturated rings. The number of benzene rings is 3. The van der Waals surface area contributed by atoms with Crippen LogP contribution in [-0.2, 0) is 10.5 Å². The molecule has 0 spiro atoms. The van der Waals surface area contributed by atoms with Gasteiger partial charge in [0.05, 0.1) is 34.3 Å². The molecular weight excluding hydrogens is 577 g/mol. The molecule has 3 aromatic carbocycles. The van der Waals surface area contributed by atoms with Gasteiger partial charge in [0.25, 0.3) is 5.91 Å². The number of amides is 1. The number of ketones is 1. The number of Topliss-reactive ketones (excluding diaryl/α,β-unsaturated/α-hetero) is 1. The molecule has 0 saturated heterocycles. The summed E-state index contributed by atoms with van der Waals surface area (Å²) < 4.78 is 5.97. The number of ether oxygens (including phenoxy) is 1. The molecule has 1 aliphatic heterocycles. The molecule has 1 unspecified atom stereocenters. The average Bonchev–Trinajstić information content (AvgIpc) is 3.67. The predicted molar refractivity (Wildman–Crippen MR) is 162 cm³/mol. The summed E-state index contributed by atoms with van der Waals surface area (Å²) in [5, 5.41) is 23.1. The quantitative estimate of drug-likeness (QED) is 0.117. The number of aromatic nitrogens is 3. The van der Waals surface area contributed by atoms with Crippen LogP contribution in [-0.4, -0.2) is 39.1 Å². The first-order valence-corrected chi connectivity index (χ1v) is 15.3. The van der Waals surface area contributed by atoms with Crippen LogP contribution in [0, 0.1) is 13.8 Å². The normalized spacial score (nSPS) is 15.2. The molecule has 41 heavy (non-hydrogen) atoms. The van der Waals surface area contributed by atoms with E-state index in [1.165, 1.54) is 55.7 Å². The Hall–Kier alpha value is -4.06. The van der Waals surface area contributed by atoms with Crippen molar-refractivity contribution in [3.63, 3.8) is 0 Å². The van der Waals surface area contributed by atoms with Crippen LogP contribution >= 0.6 is 34.4 Å². The van der Waals surface area contributed by atoms with Crippen molar-refractivity contribution in [2.75, 3.05) is 12.0 Å². The van der Waals surface area contributed by atoms with Gasteiger partial charge in [0.15, 0.2) is 10.1 Å². The summed E-state index contributed by atoms with van der Waals surface area (Å²) >= 11 is 4.00. The van der Waals surface area contributed by atoms with Gasteiger partial charge in [-0.25, -0.2) is 4.98 Å². The van der Waals surface area contributed by atoms with Crippen molar-refractivity contribution in [2.24, 2.45) is 0 Å². The van der Waals surface area contributed by atoms with Gasteiger partial charge in [-0.3, -0.25) is 14.5 Å². The number of methoxy groups -OCH3 is 1. The van der Waals surface area contributed by atoms with Gasteiger partial charge in [-0.2, -0.15) is 0 Å². The molecule has 0 bridgehead atoms. The summed E-state index contributed by atoms with van der Waals surface area (Å²) in [4.78, 5) is 33.5. The van der Waals surface area contributed by atoms with Crippen LogP contribution < -0.4 is 9.64 Å². The summed E-state index contributed by atoms with van der Waals surface area (Å²) in [6.07, 6.45) is 0. The van der Waals surface area contributed by atoms with Crippen LogP contribution in [0.15, 0.2) is 82.4 Å². The van der Waals surface area contributed by atoms with Gasteiger partial charge in [-0.1, -0.05) is 77.7 Å². The number of thiazole rings is 1. The van der Waals surface area contributed by atoms with E-state index in [0.717, 1.165) is 5.01 Å². The highest BCUT2D eigenvalue weighted by Gasteiger charge is 2.46. The zero-order valence-corrected chi connectivity index (χ0v) is 24.8. The Labute approximate surface area is 248 Å². The first kappa shape index (κ1) is 27.1. The minimum atomic E-state index is -0.897. The number of rotatable bonds is 8. The van der Waals surface area contributed by atoms with Crippen molar-refractivity contribution in [1.29, 1.82) is 0 Å². The summed E-state index contributed by atoms with van der Waals surface area (Å²) in [6.45, 7) is 3.56. The lowest BCUT2D eigenvalue weighted by Crippen LogP contribution is -2.31. The van der Waals surface area contributed by atoms with Crippen molar-refractivity contribution in [3.05, 3.63) is 105 Å². The monoisotopic (exact) mass is 600 g/mol. The van der Waals surface area contributed by atoms with Crippen molar-refractivity contribution in [2.45, 2.75) is 30.0 Å². The minimum Gasteiger partial charge on any atom is -0.503 e. The van der Waals surface area contributed by atoms with E-state index in [-0.39, 0.29) is 5.57 Å². The first-order valence-electron chi connectivity index (χ1n) is 12.7. The fourth-order valence-corrected chi connectivity index (χ4v) is 7.66. The van der Waals surface area contributed by atoms with Crippen LogP contribution in [0.2, 0.25) is 0 Å². The number of thioether (sulfide) groups is 1. The highest BCUT2D eigenvalue weighted by atomic mass is 32.2.